The summed E-state index contributed by atoms with van der Waals surface area (Å²) in [7, 11) is 1.68. The Morgan fingerprint density at radius 2 is 2.06 bits per heavy atom. The number of hydrogen-bond acceptors (Lipinski definition) is 3. The van der Waals surface area contributed by atoms with Gasteiger partial charge in [0.15, 0.2) is 0 Å². The van der Waals surface area contributed by atoms with Crippen LogP contribution in [0, 0.1) is 12.3 Å². The van der Waals surface area contributed by atoms with Crippen molar-refractivity contribution in [2.45, 2.75) is 18.4 Å². The van der Waals surface area contributed by atoms with Gasteiger partial charge in [0.05, 0.1) is 6.54 Å². The van der Waals surface area contributed by atoms with E-state index < -0.39 is 5.54 Å². The van der Waals surface area contributed by atoms with Crippen LogP contribution in [0.15, 0.2) is 0 Å². The van der Waals surface area contributed by atoms with E-state index >= 15 is 0 Å². The molecule has 2 fully saturated rings. The summed E-state index contributed by atoms with van der Waals surface area (Å²) in [5.74, 6) is 2.43. The number of urea groups is 1. The number of carbonyl (C=O) groups is 2. The summed E-state index contributed by atoms with van der Waals surface area (Å²) < 4.78 is 0. The molecule has 5 heteroatoms. The van der Waals surface area contributed by atoms with E-state index in [2.05, 4.69) is 16.1 Å². The van der Waals surface area contributed by atoms with Gasteiger partial charge < -0.3 is 4.90 Å². The summed E-state index contributed by atoms with van der Waals surface area (Å²) in [6.45, 7) is 2.12. The largest absolute Gasteiger partial charge is 0.324 e. The number of terminal acetylenes is 1. The summed E-state index contributed by atoms with van der Waals surface area (Å²) in [5.41, 5.74) is -0.637. The van der Waals surface area contributed by atoms with Crippen LogP contribution < -0.4 is 5.32 Å². The Kier molecular flexibility index (Phi) is 2.60. The number of carbonyl (C=O) groups excluding carboxylic acids is 2. The molecule has 0 aromatic heterocycles. The van der Waals surface area contributed by atoms with E-state index in [1.54, 1.807) is 7.05 Å². The zero-order valence-corrected chi connectivity index (χ0v) is 9.32. The maximum Gasteiger partial charge on any atom is 0.324 e. The van der Waals surface area contributed by atoms with Crippen LogP contribution in [0.1, 0.15) is 12.8 Å². The Hall–Kier alpha value is -1.54. The van der Waals surface area contributed by atoms with Crippen molar-refractivity contribution in [3.63, 3.8) is 0 Å². The molecule has 2 rings (SSSR count). The molecule has 0 saturated carbocycles. The summed E-state index contributed by atoms with van der Waals surface area (Å²) in [5, 5.41) is 2.36. The minimum Gasteiger partial charge on any atom is -0.313 e. The first kappa shape index (κ1) is 11.0. The highest BCUT2D eigenvalue weighted by Gasteiger charge is 2.52. The Bertz CT molecular complexity index is 364. The third-order valence-electron chi connectivity index (χ3n) is 3.59. The third-order valence-corrected chi connectivity index (χ3v) is 3.59. The molecule has 0 aromatic rings. The number of rotatable bonds is 1. The fourth-order valence-corrected chi connectivity index (χ4v) is 2.42. The van der Waals surface area contributed by atoms with E-state index in [4.69, 9.17) is 6.42 Å². The minimum absolute atomic E-state index is 0.166. The van der Waals surface area contributed by atoms with Crippen molar-refractivity contribution in [2.75, 3.05) is 26.7 Å². The van der Waals surface area contributed by atoms with Crippen LogP contribution in [0.5, 0.6) is 0 Å². The molecular weight excluding hydrogens is 206 g/mol. The molecule has 3 amide bonds. The third kappa shape index (κ3) is 1.46. The quantitative estimate of drug-likeness (QED) is 0.486. The number of piperidine rings is 1. The lowest BCUT2D eigenvalue weighted by Crippen LogP contribution is -2.55. The molecule has 0 atom stereocenters. The van der Waals surface area contributed by atoms with Crippen molar-refractivity contribution in [3.8, 4) is 12.3 Å². The van der Waals surface area contributed by atoms with Crippen molar-refractivity contribution in [3.05, 3.63) is 0 Å². The number of hydrogen-bond donors (Lipinski definition) is 1. The second-order valence-electron chi connectivity index (χ2n) is 4.33. The molecule has 0 radical (unpaired) electrons. The summed E-state index contributed by atoms with van der Waals surface area (Å²) in [4.78, 5) is 26.9. The molecule has 86 valence electrons. The maximum atomic E-state index is 11.8. The smallest absolute Gasteiger partial charge is 0.313 e. The normalized spacial score (nSPS) is 24.6. The van der Waals surface area contributed by atoms with Gasteiger partial charge >= 0.3 is 6.03 Å². The van der Waals surface area contributed by atoms with E-state index in [-0.39, 0.29) is 11.9 Å². The van der Waals surface area contributed by atoms with Crippen molar-refractivity contribution in [1.29, 1.82) is 0 Å². The lowest BCUT2D eigenvalue weighted by Gasteiger charge is -2.40. The van der Waals surface area contributed by atoms with E-state index in [0.29, 0.717) is 19.4 Å². The molecule has 0 aromatic carbocycles. The first-order valence-electron chi connectivity index (χ1n) is 5.35. The molecule has 5 nitrogen and oxygen atoms in total. The second-order valence-corrected chi connectivity index (χ2v) is 4.33. The van der Waals surface area contributed by atoms with Crippen LogP contribution in [-0.4, -0.2) is 54.0 Å². The number of imide groups is 1. The summed E-state index contributed by atoms with van der Waals surface area (Å²) in [6, 6.07) is -0.296. The van der Waals surface area contributed by atoms with Crippen molar-refractivity contribution >= 4 is 11.9 Å². The maximum absolute atomic E-state index is 11.8. The minimum atomic E-state index is -0.637. The number of likely N-dealkylation sites (N-methyl/N-ethyl adjacent to an activating group) is 1. The van der Waals surface area contributed by atoms with Gasteiger partial charge in [-0.2, -0.15) is 0 Å². The average Bonchev–Trinajstić information content (AvgIpc) is 2.47. The van der Waals surface area contributed by atoms with Crippen molar-refractivity contribution in [1.82, 2.24) is 15.1 Å². The first-order chi connectivity index (χ1) is 7.60. The molecule has 2 aliphatic rings. The monoisotopic (exact) mass is 221 g/mol. The molecule has 2 heterocycles. The zero-order chi connectivity index (χ0) is 11.8. The van der Waals surface area contributed by atoms with E-state index in [1.165, 1.54) is 4.90 Å². The van der Waals surface area contributed by atoms with Gasteiger partial charge in [-0.05, 0) is 12.8 Å². The Morgan fingerprint density at radius 1 is 1.44 bits per heavy atom. The van der Waals surface area contributed by atoms with Gasteiger partial charge in [0.2, 0.25) is 0 Å². The predicted molar refractivity (Wildman–Crippen MR) is 58.5 cm³/mol. The van der Waals surface area contributed by atoms with Crippen LogP contribution in [0.25, 0.3) is 0 Å². The molecule has 2 aliphatic heterocycles. The standard InChI is InChI=1S/C11H15N3O2/c1-3-6-14-7-4-11(5-8-14)9(15)12-10(16)13(11)2/h1H,4-8H2,2H3,(H,12,15,16). The molecule has 2 saturated heterocycles. The average molecular weight is 221 g/mol. The van der Waals surface area contributed by atoms with Gasteiger partial charge in [0.25, 0.3) is 5.91 Å². The molecular formula is C11H15N3O2. The van der Waals surface area contributed by atoms with Crippen LogP contribution in [-0.2, 0) is 4.79 Å². The number of nitrogens with one attached hydrogen (secondary N) is 1. The number of likely N-dealkylation sites (tertiary alicyclic amines) is 1. The fraction of sp³-hybridized carbons (Fsp3) is 0.636. The molecule has 0 bridgehead atoms. The summed E-state index contributed by atoms with van der Waals surface area (Å²) in [6.07, 6.45) is 6.56. The van der Waals surface area contributed by atoms with Crippen LogP contribution >= 0.6 is 0 Å². The van der Waals surface area contributed by atoms with Crippen LogP contribution in [0.4, 0.5) is 4.79 Å². The highest BCUT2D eigenvalue weighted by molar-refractivity contribution is 6.06. The van der Waals surface area contributed by atoms with E-state index in [0.717, 1.165) is 13.1 Å². The lowest BCUT2D eigenvalue weighted by molar-refractivity contribution is -0.128. The summed E-state index contributed by atoms with van der Waals surface area (Å²) >= 11 is 0. The molecule has 0 aliphatic carbocycles. The van der Waals surface area contributed by atoms with Crippen LogP contribution in [0.2, 0.25) is 0 Å². The Morgan fingerprint density at radius 3 is 2.50 bits per heavy atom. The second kappa shape index (κ2) is 3.80. The van der Waals surface area contributed by atoms with Gasteiger partial charge in [0, 0.05) is 20.1 Å². The highest BCUT2D eigenvalue weighted by Crippen LogP contribution is 2.31. The van der Waals surface area contributed by atoms with Gasteiger partial charge in [-0.1, -0.05) is 5.92 Å². The van der Waals surface area contributed by atoms with Gasteiger partial charge in [-0.15, -0.1) is 6.42 Å². The van der Waals surface area contributed by atoms with E-state index in [9.17, 15) is 9.59 Å². The lowest BCUT2D eigenvalue weighted by atomic mass is 9.86. The van der Waals surface area contributed by atoms with Crippen molar-refractivity contribution < 1.29 is 9.59 Å². The van der Waals surface area contributed by atoms with Gasteiger partial charge in [-0.3, -0.25) is 15.0 Å². The molecule has 1 spiro atoms. The molecule has 1 N–H and O–H groups in total. The predicted octanol–water partition coefficient (Wildman–Crippen LogP) is -0.364. The Balaban J connectivity index is 2.10. The number of amides is 3. The molecule has 16 heavy (non-hydrogen) atoms. The highest BCUT2D eigenvalue weighted by atomic mass is 16.2. The number of nitrogens with zero attached hydrogens (tertiary/aromatic N) is 2. The Labute approximate surface area is 94.8 Å². The SMILES string of the molecule is C#CCN1CCC2(CC1)C(=O)NC(=O)N2C. The van der Waals surface area contributed by atoms with Crippen LogP contribution in [0.3, 0.4) is 0 Å². The topological polar surface area (TPSA) is 52.7 Å². The fourth-order valence-electron chi connectivity index (χ4n) is 2.42. The van der Waals surface area contributed by atoms with Crippen molar-refractivity contribution in [2.24, 2.45) is 0 Å². The van der Waals surface area contributed by atoms with E-state index in [1.807, 2.05) is 0 Å². The van der Waals surface area contributed by atoms with Gasteiger partial charge in [-0.25, -0.2) is 4.79 Å². The molecule has 0 unspecified atom stereocenters. The zero-order valence-electron chi connectivity index (χ0n) is 9.32. The first-order valence-corrected chi connectivity index (χ1v) is 5.35. The van der Waals surface area contributed by atoms with Gasteiger partial charge in [0.1, 0.15) is 5.54 Å².